The van der Waals surface area contributed by atoms with E-state index in [9.17, 15) is 34.8 Å². The molecule has 4 aliphatic carbocycles. The fourth-order valence-corrected chi connectivity index (χ4v) is 9.97. The number of carbonyl (C=O) groups is 3. The summed E-state index contributed by atoms with van der Waals surface area (Å²) in [4.78, 5) is 40.9. The molecule has 1 saturated carbocycles. The Bertz CT molecular complexity index is 1790. The van der Waals surface area contributed by atoms with Crippen LogP contribution in [0, 0.1) is 28.6 Å². The Labute approximate surface area is 283 Å². The smallest absolute Gasteiger partial charge is 0.209 e. The normalized spacial score (nSPS) is 29.1. The van der Waals surface area contributed by atoms with Gasteiger partial charge in [-0.25, -0.2) is 0 Å². The van der Waals surface area contributed by atoms with Crippen molar-refractivity contribution in [1.82, 2.24) is 0 Å². The number of ketones is 3. The van der Waals surface area contributed by atoms with Gasteiger partial charge in [-0.3, -0.25) is 14.4 Å². The summed E-state index contributed by atoms with van der Waals surface area (Å²) in [5.74, 6) is -4.43. The minimum absolute atomic E-state index is 0.0255. The lowest BCUT2D eigenvalue weighted by Gasteiger charge is -2.59. The highest BCUT2D eigenvalue weighted by atomic mass is 16.3. The zero-order chi connectivity index (χ0) is 34.9. The molecule has 48 heavy (non-hydrogen) atoms. The number of carbonyl (C=O) groups excluding carboxylic acids is 3. The molecular weight excluding hydrogens is 604 g/mol. The molecule has 7 heteroatoms. The van der Waals surface area contributed by atoms with E-state index in [4.69, 9.17) is 0 Å². The van der Waals surface area contributed by atoms with Gasteiger partial charge >= 0.3 is 0 Å². The van der Waals surface area contributed by atoms with Gasteiger partial charge in [-0.2, -0.15) is 0 Å². The summed E-state index contributed by atoms with van der Waals surface area (Å²) in [5, 5.41) is 46.6. The minimum atomic E-state index is -2.62. The second-order valence-electron chi connectivity index (χ2n) is 15.8. The van der Waals surface area contributed by atoms with Gasteiger partial charge in [-0.15, -0.1) is 0 Å². The van der Waals surface area contributed by atoms with Gasteiger partial charge in [0, 0.05) is 22.3 Å². The van der Waals surface area contributed by atoms with Crippen molar-refractivity contribution in [3.05, 3.63) is 87.9 Å². The lowest BCUT2D eigenvalue weighted by Crippen LogP contribution is -2.67. The topological polar surface area (TPSA) is 132 Å². The van der Waals surface area contributed by atoms with E-state index in [1.165, 1.54) is 43.7 Å². The van der Waals surface area contributed by atoms with E-state index in [0.29, 0.717) is 5.56 Å². The second kappa shape index (κ2) is 11.9. The third-order valence-electron chi connectivity index (χ3n) is 11.9. The van der Waals surface area contributed by atoms with Crippen LogP contribution in [0.2, 0.25) is 0 Å². The number of rotatable bonds is 7. The summed E-state index contributed by atoms with van der Waals surface area (Å²) in [6.07, 6.45) is 8.64. The molecule has 4 atom stereocenters. The Balaban J connectivity index is 1.40. The van der Waals surface area contributed by atoms with Gasteiger partial charge in [-0.1, -0.05) is 102 Å². The third-order valence-corrected chi connectivity index (χ3v) is 11.9. The number of hydrogen-bond acceptors (Lipinski definition) is 7. The first-order chi connectivity index (χ1) is 22.5. The maximum absolute atomic E-state index is 14.4. The molecule has 0 aliphatic heterocycles. The molecule has 0 aromatic heterocycles. The van der Waals surface area contributed by atoms with Crippen LogP contribution >= 0.6 is 0 Å². The van der Waals surface area contributed by atoms with Crippen LogP contribution in [0.3, 0.4) is 0 Å². The third kappa shape index (κ3) is 4.99. The summed E-state index contributed by atoms with van der Waals surface area (Å²) in [5.41, 5.74) is -1.17. The molecule has 0 radical (unpaired) electrons. The summed E-state index contributed by atoms with van der Waals surface area (Å²) in [7, 11) is 0. The number of aromatic hydroxyl groups is 1. The Hall–Kier alpha value is -3.97. The molecule has 0 amide bonds. The number of allylic oxidation sites excluding steroid dienone is 3. The zero-order valence-corrected chi connectivity index (χ0v) is 28.8. The number of fused-ring (bicyclic) bond motifs is 3. The van der Waals surface area contributed by atoms with Crippen molar-refractivity contribution in [3.8, 4) is 16.9 Å². The summed E-state index contributed by atoms with van der Waals surface area (Å²) >= 11 is 0. The number of aliphatic hydroxyl groups excluding tert-OH is 2. The fourth-order valence-electron chi connectivity index (χ4n) is 9.97. The number of phenols is 1. The van der Waals surface area contributed by atoms with Crippen LogP contribution in [0.25, 0.3) is 11.1 Å². The molecule has 254 valence electrons. The predicted molar refractivity (Wildman–Crippen MR) is 185 cm³/mol. The average Bonchev–Trinajstić information content (AvgIpc) is 2.99. The van der Waals surface area contributed by atoms with Gasteiger partial charge in [0.2, 0.25) is 5.78 Å². The molecule has 6 rings (SSSR count). The van der Waals surface area contributed by atoms with Crippen LogP contribution in [-0.2, 0) is 22.4 Å². The molecule has 0 bridgehead atoms. The Morgan fingerprint density at radius 3 is 2.23 bits per heavy atom. The molecule has 0 heterocycles. The SMILES string of the molecule is C=C(Cc1ccc(-c2ccc(O)c3c2C[C@]2(C)C[C@]4(C)C(C(C)C)C(O)=C(C(C)=O)C(=O)[C@]4(O)C(O)=C2C3=O)cc1)CC1CCCCC1. The van der Waals surface area contributed by atoms with Crippen LogP contribution in [0.1, 0.15) is 101 Å². The van der Waals surface area contributed by atoms with Gasteiger partial charge in [0.1, 0.15) is 22.8 Å². The molecule has 0 spiro atoms. The lowest BCUT2D eigenvalue weighted by molar-refractivity contribution is -0.171. The van der Waals surface area contributed by atoms with Crippen LogP contribution in [-0.4, -0.2) is 43.4 Å². The highest BCUT2D eigenvalue weighted by Gasteiger charge is 2.71. The number of hydrogen-bond donors (Lipinski definition) is 4. The van der Waals surface area contributed by atoms with Gasteiger partial charge in [0.25, 0.3) is 0 Å². The van der Waals surface area contributed by atoms with Crippen molar-refractivity contribution >= 4 is 17.3 Å². The molecule has 1 unspecified atom stereocenters. The molecule has 4 N–H and O–H groups in total. The first-order valence-electron chi connectivity index (χ1n) is 17.4. The zero-order valence-electron chi connectivity index (χ0n) is 28.8. The Morgan fingerprint density at radius 2 is 1.62 bits per heavy atom. The molecule has 1 fully saturated rings. The number of phenolic OH excluding ortho intramolecular Hbond substituents is 1. The van der Waals surface area contributed by atoms with E-state index in [-0.39, 0.29) is 35.6 Å². The molecule has 2 aromatic rings. The fraction of sp³-hybridized carbons (Fsp3) is 0.488. The van der Waals surface area contributed by atoms with Gasteiger partial charge in [-0.05, 0) is 72.8 Å². The molecule has 0 saturated heterocycles. The van der Waals surface area contributed by atoms with Crippen molar-refractivity contribution in [2.75, 3.05) is 0 Å². The number of benzene rings is 2. The van der Waals surface area contributed by atoms with Gasteiger partial charge < -0.3 is 20.4 Å². The van der Waals surface area contributed by atoms with Crippen molar-refractivity contribution < 1.29 is 34.8 Å². The Morgan fingerprint density at radius 1 is 0.979 bits per heavy atom. The first-order valence-corrected chi connectivity index (χ1v) is 17.4. The highest BCUT2D eigenvalue weighted by Crippen LogP contribution is 2.65. The quantitative estimate of drug-likeness (QED) is 0.176. The maximum atomic E-state index is 14.4. The lowest BCUT2D eigenvalue weighted by atomic mass is 9.44. The van der Waals surface area contributed by atoms with Crippen LogP contribution < -0.4 is 0 Å². The summed E-state index contributed by atoms with van der Waals surface area (Å²) in [6.45, 7) is 12.6. The van der Waals surface area contributed by atoms with Gasteiger partial charge in [0.15, 0.2) is 17.2 Å². The van der Waals surface area contributed by atoms with E-state index in [1.807, 2.05) is 32.9 Å². The minimum Gasteiger partial charge on any atom is -0.511 e. The standard InChI is InChI=1S/C41H48O7/c1-22(2)33-35(44)31(24(4)42)37(46)41(48)38(47)34-36(45)32-29(20-39(34,5)21-40(33,41)6)28(16-17-30(32)43)27-14-12-26(13-15-27)19-23(3)18-25-10-8-7-9-11-25/h12-17,22,25,33,43-44,47-48H,3,7-11,18-21H2,1-2,4-6H3/t33?,39-,40-,41+/m1/s1. The van der Waals surface area contributed by atoms with Crippen molar-refractivity contribution in [1.29, 1.82) is 0 Å². The van der Waals surface area contributed by atoms with Crippen LogP contribution in [0.4, 0.5) is 0 Å². The highest BCUT2D eigenvalue weighted by molar-refractivity contribution is 6.25. The van der Waals surface area contributed by atoms with Crippen molar-refractivity contribution in [3.63, 3.8) is 0 Å². The maximum Gasteiger partial charge on any atom is 0.209 e. The molecule has 4 aliphatic rings. The number of Topliss-reactive ketones (excluding diaryl/α,β-unsaturated/α-hetero) is 3. The largest absolute Gasteiger partial charge is 0.511 e. The first kappa shape index (κ1) is 33.9. The molecular formula is C41H48O7. The van der Waals surface area contributed by atoms with E-state index in [0.717, 1.165) is 42.4 Å². The number of aliphatic hydroxyl groups is 3. The second-order valence-corrected chi connectivity index (χ2v) is 15.8. The Kier molecular flexibility index (Phi) is 8.39. The van der Waals surface area contributed by atoms with Crippen LogP contribution in [0.15, 0.2) is 71.2 Å². The van der Waals surface area contributed by atoms with E-state index >= 15 is 0 Å². The summed E-state index contributed by atoms with van der Waals surface area (Å²) in [6, 6.07) is 11.5. The van der Waals surface area contributed by atoms with Crippen molar-refractivity contribution in [2.24, 2.45) is 28.6 Å². The van der Waals surface area contributed by atoms with E-state index in [1.54, 1.807) is 13.0 Å². The monoisotopic (exact) mass is 652 g/mol. The van der Waals surface area contributed by atoms with Gasteiger partial charge in [0.05, 0.1) is 5.56 Å². The molecule has 7 nitrogen and oxygen atoms in total. The van der Waals surface area contributed by atoms with Crippen LogP contribution in [0.5, 0.6) is 5.75 Å². The molecule has 2 aromatic carbocycles. The van der Waals surface area contributed by atoms with E-state index < -0.39 is 56.8 Å². The summed E-state index contributed by atoms with van der Waals surface area (Å²) < 4.78 is 0. The average molecular weight is 653 g/mol. The van der Waals surface area contributed by atoms with E-state index in [2.05, 4.69) is 18.7 Å². The van der Waals surface area contributed by atoms with Crippen molar-refractivity contribution in [2.45, 2.75) is 98.0 Å². The predicted octanol–water partition coefficient (Wildman–Crippen LogP) is 8.08.